The molecule has 0 aromatic rings. The molecule has 0 aliphatic carbocycles. The molecule has 0 aromatic carbocycles. The summed E-state index contributed by atoms with van der Waals surface area (Å²) in [7, 11) is 0. The van der Waals surface area contributed by atoms with Crippen LogP contribution in [0.4, 0.5) is 0 Å². The quantitative estimate of drug-likeness (QED) is 0.566. The number of nitrogens with one attached hydrogen (secondary N) is 1. The van der Waals surface area contributed by atoms with Gasteiger partial charge in [0, 0.05) is 19.3 Å². The average molecular weight is 173 g/mol. The number of fused-ring (bicyclic) bond motifs is 1. The molecule has 11 heavy (non-hydrogen) atoms. The molecule has 1 fully saturated rings. The number of dihydropyridines is 1. The lowest BCUT2D eigenvalue weighted by Gasteiger charge is -2.07. The summed E-state index contributed by atoms with van der Waals surface area (Å²) < 4.78 is 0. The van der Waals surface area contributed by atoms with Crippen LogP contribution in [0.3, 0.4) is 0 Å². The first-order valence-electron chi connectivity index (χ1n) is 3.35. The average Bonchev–Trinajstić information content (AvgIpc) is 2.36. The van der Waals surface area contributed by atoms with E-state index in [0.717, 1.165) is 13.1 Å². The van der Waals surface area contributed by atoms with E-state index in [4.69, 9.17) is 0 Å². The Morgan fingerprint density at radius 2 is 2.45 bits per heavy atom. The first-order valence-corrected chi connectivity index (χ1v) is 3.35. The summed E-state index contributed by atoms with van der Waals surface area (Å²) in [4.78, 5) is 14.7. The third-order valence-electron chi connectivity index (χ3n) is 1.91. The third-order valence-corrected chi connectivity index (χ3v) is 1.91. The highest BCUT2D eigenvalue weighted by Gasteiger charge is 2.28. The van der Waals surface area contributed by atoms with Gasteiger partial charge in [0.05, 0.1) is 5.92 Å². The van der Waals surface area contributed by atoms with E-state index >= 15 is 0 Å². The van der Waals surface area contributed by atoms with Crippen molar-refractivity contribution in [2.45, 2.75) is 0 Å². The maximum absolute atomic E-state index is 11.0. The summed E-state index contributed by atoms with van der Waals surface area (Å²) in [6.07, 6.45) is 3.51. The van der Waals surface area contributed by atoms with Crippen LogP contribution in [0.5, 0.6) is 0 Å². The number of halogens is 1. The van der Waals surface area contributed by atoms with E-state index in [-0.39, 0.29) is 24.2 Å². The van der Waals surface area contributed by atoms with Gasteiger partial charge in [0.1, 0.15) is 0 Å². The summed E-state index contributed by atoms with van der Waals surface area (Å²) >= 11 is 0. The number of nitrogens with zero attached hydrogens (tertiary/aromatic N) is 1. The van der Waals surface area contributed by atoms with Crippen LogP contribution < -0.4 is 5.32 Å². The molecule has 0 bridgehead atoms. The first kappa shape index (κ1) is 8.43. The predicted octanol–water partition coefficient (Wildman–Crippen LogP) is 0.165. The molecule has 4 heteroatoms. The SMILES string of the molecule is Cl.O=C1N=CC=C2CNCC12. The summed E-state index contributed by atoms with van der Waals surface area (Å²) in [5, 5.41) is 3.13. The number of carbonyl (C=O) groups excluding carboxylic acids is 1. The molecule has 0 spiro atoms. The smallest absolute Gasteiger partial charge is 0.254 e. The number of aliphatic imine (C=N–C) groups is 1. The Kier molecular flexibility index (Phi) is 2.42. The fourth-order valence-electron chi connectivity index (χ4n) is 1.33. The van der Waals surface area contributed by atoms with Crippen LogP contribution in [0.1, 0.15) is 0 Å². The second kappa shape index (κ2) is 3.15. The molecular formula is C7H9ClN2O. The van der Waals surface area contributed by atoms with Crippen LogP contribution in [0.2, 0.25) is 0 Å². The number of amides is 1. The summed E-state index contributed by atoms with van der Waals surface area (Å²) in [5.74, 6) is 0.0486. The van der Waals surface area contributed by atoms with Gasteiger partial charge < -0.3 is 5.32 Å². The summed E-state index contributed by atoms with van der Waals surface area (Å²) in [6, 6.07) is 0. The largest absolute Gasteiger partial charge is 0.312 e. The van der Waals surface area contributed by atoms with Gasteiger partial charge in [-0.25, -0.2) is 4.99 Å². The Labute approximate surface area is 71.0 Å². The van der Waals surface area contributed by atoms with Crippen molar-refractivity contribution in [3.05, 3.63) is 11.6 Å². The molecule has 2 heterocycles. The van der Waals surface area contributed by atoms with Crippen LogP contribution >= 0.6 is 12.4 Å². The highest BCUT2D eigenvalue weighted by atomic mass is 35.5. The molecule has 0 aromatic heterocycles. The van der Waals surface area contributed by atoms with E-state index in [1.54, 1.807) is 6.21 Å². The number of allylic oxidation sites excluding steroid dienone is 1. The summed E-state index contributed by atoms with van der Waals surface area (Å²) in [6.45, 7) is 1.62. The monoisotopic (exact) mass is 172 g/mol. The minimum Gasteiger partial charge on any atom is -0.312 e. The fraction of sp³-hybridized carbons (Fsp3) is 0.429. The minimum atomic E-state index is 0. The van der Waals surface area contributed by atoms with Crippen LogP contribution in [-0.2, 0) is 4.79 Å². The van der Waals surface area contributed by atoms with E-state index < -0.39 is 0 Å². The van der Waals surface area contributed by atoms with Crippen LogP contribution in [0.15, 0.2) is 16.6 Å². The lowest BCUT2D eigenvalue weighted by atomic mass is 10.0. The first-order chi connectivity index (χ1) is 4.88. The Hall–Kier alpha value is -0.670. The molecule has 3 nitrogen and oxygen atoms in total. The van der Waals surface area contributed by atoms with Gasteiger partial charge in [-0.1, -0.05) is 0 Å². The highest BCUT2D eigenvalue weighted by Crippen LogP contribution is 2.18. The number of hydrogen-bond donors (Lipinski definition) is 1. The van der Waals surface area contributed by atoms with Crippen molar-refractivity contribution >= 4 is 24.5 Å². The normalized spacial score (nSPS) is 27.5. The van der Waals surface area contributed by atoms with Gasteiger partial charge in [0.15, 0.2) is 0 Å². The van der Waals surface area contributed by atoms with Gasteiger partial charge in [-0.15, -0.1) is 12.4 Å². The fourth-order valence-corrected chi connectivity index (χ4v) is 1.33. The lowest BCUT2D eigenvalue weighted by Crippen LogP contribution is -2.18. The van der Waals surface area contributed by atoms with Crippen molar-refractivity contribution in [1.82, 2.24) is 5.32 Å². The number of hydrogen-bond acceptors (Lipinski definition) is 2. The van der Waals surface area contributed by atoms with Crippen LogP contribution in [-0.4, -0.2) is 25.2 Å². The molecule has 2 rings (SSSR count). The van der Waals surface area contributed by atoms with Crippen LogP contribution in [0, 0.1) is 5.92 Å². The van der Waals surface area contributed by atoms with Gasteiger partial charge >= 0.3 is 0 Å². The van der Waals surface area contributed by atoms with E-state index in [0.29, 0.717) is 0 Å². The van der Waals surface area contributed by atoms with Gasteiger partial charge in [-0.2, -0.15) is 0 Å². The predicted molar refractivity (Wildman–Crippen MR) is 45.2 cm³/mol. The molecule has 0 saturated carbocycles. The maximum atomic E-state index is 11.0. The van der Waals surface area contributed by atoms with Crippen molar-refractivity contribution in [2.24, 2.45) is 10.9 Å². The van der Waals surface area contributed by atoms with Crippen molar-refractivity contribution in [3.8, 4) is 0 Å². The zero-order valence-corrected chi connectivity index (χ0v) is 6.73. The Bertz CT molecular complexity index is 235. The van der Waals surface area contributed by atoms with E-state index in [9.17, 15) is 4.79 Å². The topological polar surface area (TPSA) is 41.5 Å². The van der Waals surface area contributed by atoms with Crippen molar-refractivity contribution < 1.29 is 4.79 Å². The Balaban J connectivity index is 0.000000605. The Morgan fingerprint density at radius 1 is 1.64 bits per heavy atom. The number of rotatable bonds is 0. The maximum Gasteiger partial charge on any atom is 0.254 e. The van der Waals surface area contributed by atoms with Gasteiger partial charge in [-0.3, -0.25) is 4.79 Å². The molecule has 1 saturated heterocycles. The molecule has 2 aliphatic rings. The van der Waals surface area contributed by atoms with Crippen molar-refractivity contribution in [3.63, 3.8) is 0 Å². The standard InChI is InChI=1S/C7H8N2O.ClH/c10-7-6-4-8-3-5(6)1-2-9-7;/h1-2,6,8H,3-4H2;1H. The van der Waals surface area contributed by atoms with Crippen LogP contribution in [0.25, 0.3) is 0 Å². The Morgan fingerprint density at radius 3 is 3.18 bits per heavy atom. The minimum absolute atomic E-state index is 0. The molecule has 1 atom stereocenters. The zero-order valence-electron chi connectivity index (χ0n) is 5.91. The second-order valence-electron chi connectivity index (χ2n) is 2.54. The van der Waals surface area contributed by atoms with E-state index in [2.05, 4.69) is 10.3 Å². The lowest BCUT2D eigenvalue weighted by molar-refractivity contribution is -0.120. The molecular weight excluding hydrogens is 164 g/mol. The number of carbonyl (C=O) groups is 1. The zero-order chi connectivity index (χ0) is 6.97. The molecule has 1 N–H and O–H groups in total. The van der Waals surface area contributed by atoms with E-state index in [1.807, 2.05) is 6.08 Å². The van der Waals surface area contributed by atoms with E-state index in [1.165, 1.54) is 5.57 Å². The second-order valence-corrected chi connectivity index (χ2v) is 2.54. The molecule has 0 radical (unpaired) electrons. The van der Waals surface area contributed by atoms with Gasteiger partial charge in [-0.05, 0) is 11.6 Å². The van der Waals surface area contributed by atoms with Gasteiger partial charge in [0.2, 0.25) is 0 Å². The summed E-state index contributed by atoms with van der Waals surface area (Å²) in [5.41, 5.74) is 1.18. The molecule has 1 amide bonds. The van der Waals surface area contributed by atoms with Crippen molar-refractivity contribution in [1.29, 1.82) is 0 Å². The van der Waals surface area contributed by atoms with Gasteiger partial charge in [0.25, 0.3) is 5.91 Å². The molecule has 2 aliphatic heterocycles. The molecule has 60 valence electrons. The van der Waals surface area contributed by atoms with Crippen molar-refractivity contribution in [2.75, 3.05) is 13.1 Å². The third kappa shape index (κ3) is 1.34. The highest BCUT2D eigenvalue weighted by molar-refractivity contribution is 5.96. The molecule has 1 unspecified atom stereocenters.